The molecule has 3 atom stereocenters. The Kier molecular flexibility index (Phi) is 5.38. The van der Waals surface area contributed by atoms with Crippen molar-refractivity contribution >= 4 is 23.2 Å². The van der Waals surface area contributed by atoms with Gasteiger partial charge in [-0.3, -0.25) is 4.79 Å². The Bertz CT molecular complexity index is 612. The number of aryl methyl sites for hydroxylation is 1. The first-order chi connectivity index (χ1) is 11.5. The number of hydrogen-bond acceptors (Lipinski definition) is 4. The van der Waals surface area contributed by atoms with Gasteiger partial charge >= 0.3 is 0 Å². The summed E-state index contributed by atoms with van der Waals surface area (Å²) in [5.74, 6) is 2.37. The zero-order valence-corrected chi connectivity index (χ0v) is 15.5. The average molecular weight is 350 g/mol. The smallest absolute Gasteiger partial charge is 0.243 e. The molecule has 2 bridgehead atoms. The number of carbonyl (C=O) groups is 1. The van der Waals surface area contributed by atoms with Crippen molar-refractivity contribution in [2.24, 2.45) is 16.8 Å². The van der Waals surface area contributed by atoms with Crippen LogP contribution in [0.15, 0.2) is 11.2 Å². The second-order valence-corrected chi connectivity index (χ2v) is 8.42. The Morgan fingerprint density at radius 1 is 1.42 bits per heavy atom. The van der Waals surface area contributed by atoms with Gasteiger partial charge in [0.15, 0.2) is 5.96 Å². The molecule has 2 N–H and O–H groups in total. The number of likely N-dealkylation sites (N-methyl/N-ethyl adjacent to an activating group) is 1. The second-order valence-electron chi connectivity index (χ2n) is 7.10. The number of guanidine groups is 1. The quantitative estimate of drug-likeness (QED) is 0.628. The molecule has 2 saturated carbocycles. The number of fused-ring (bicyclic) bond motifs is 2. The second kappa shape index (κ2) is 7.51. The third-order valence-electron chi connectivity index (χ3n) is 5.01. The highest BCUT2D eigenvalue weighted by Crippen LogP contribution is 2.44. The lowest BCUT2D eigenvalue weighted by Crippen LogP contribution is -2.45. The molecule has 6 nitrogen and oxygen atoms in total. The van der Waals surface area contributed by atoms with E-state index in [-0.39, 0.29) is 12.5 Å². The summed E-state index contributed by atoms with van der Waals surface area (Å²) in [6, 6.07) is 0.488. The molecule has 7 heteroatoms. The van der Waals surface area contributed by atoms with E-state index >= 15 is 0 Å². The minimum absolute atomic E-state index is 0.00846. The minimum atomic E-state index is 0.00846. The maximum absolute atomic E-state index is 11.8. The van der Waals surface area contributed by atoms with E-state index in [1.807, 2.05) is 6.20 Å². The van der Waals surface area contributed by atoms with Gasteiger partial charge in [0, 0.05) is 31.2 Å². The number of hydrogen-bond donors (Lipinski definition) is 2. The van der Waals surface area contributed by atoms with Crippen LogP contribution in [-0.2, 0) is 11.3 Å². The molecule has 2 fully saturated rings. The fourth-order valence-corrected chi connectivity index (χ4v) is 4.41. The molecule has 0 saturated heterocycles. The first kappa shape index (κ1) is 17.2. The van der Waals surface area contributed by atoms with E-state index < -0.39 is 0 Å². The van der Waals surface area contributed by atoms with Gasteiger partial charge in [-0.25, -0.2) is 9.98 Å². The normalized spacial score (nSPS) is 25.8. The third-order valence-corrected chi connectivity index (χ3v) is 5.92. The molecule has 1 amide bonds. The molecule has 0 aliphatic heterocycles. The van der Waals surface area contributed by atoms with Crippen molar-refractivity contribution < 1.29 is 4.79 Å². The number of thiazole rings is 1. The summed E-state index contributed by atoms with van der Waals surface area (Å²) in [5.41, 5.74) is 0. The average Bonchev–Trinajstić information content (AvgIpc) is 3.26. The van der Waals surface area contributed by atoms with Crippen molar-refractivity contribution in [2.75, 3.05) is 20.6 Å². The summed E-state index contributed by atoms with van der Waals surface area (Å²) in [4.78, 5) is 23.5. The number of aromatic nitrogens is 1. The van der Waals surface area contributed by atoms with Gasteiger partial charge in [0.25, 0.3) is 0 Å². The Hall–Kier alpha value is -1.63. The Morgan fingerprint density at radius 2 is 2.25 bits per heavy atom. The molecule has 24 heavy (non-hydrogen) atoms. The number of amides is 1. The summed E-state index contributed by atoms with van der Waals surface area (Å²) in [5, 5.41) is 7.95. The molecule has 132 valence electrons. The zero-order valence-electron chi connectivity index (χ0n) is 14.7. The van der Waals surface area contributed by atoms with Gasteiger partial charge < -0.3 is 15.5 Å². The van der Waals surface area contributed by atoms with E-state index in [0.29, 0.717) is 12.6 Å². The highest BCUT2D eigenvalue weighted by atomic mass is 32.1. The van der Waals surface area contributed by atoms with Gasteiger partial charge in [0.1, 0.15) is 11.6 Å². The van der Waals surface area contributed by atoms with Gasteiger partial charge in [-0.05, 0) is 38.0 Å². The summed E-state index contributed by atoms with van der Waals surface area (Å²) in [6.07, 6.45) is 7.15. The van der Waals surface area contributed by atoms with Crippen LogP contribution in [0, 0.1) is 18.8 Å². The van der Waals surface area contributed by atoms with Gasteiger partial charge in [-0.1, -0.05) is 6.42 Å². The fraction of sp³-hybridized carbons (Fsp3) is 0.706. The molecule has 2 aliphatic carbocycles. The van der Waals surface area contributed by atoms with Crippen LogP contribution in [0.3, 0.4) is 0 Å². The number of aliphatic imine (C=N–C) groups is 1. The summed E-state index contributed by atoms with van der Waals surface area (Å²) in [6.45, 7) is 2.86. The van der Waals surface area contributed by atoms with Crippen molar-refractivity contribution in [2.45, 2.75) is 45.2 Å². The van der Waals surface area contributed by atoms with Crippen LogP contribution in [0.1, 0.15) is 35.6 Å². The van der Waals surface area contributed by atoms with Crippen molar-refractivity contribution in [3.05, 3.63) is 16.1 Å². The summed E-state index contributed by atoms with van der Waals surface area (Å²) < 4.78 is 0. The molecule has 1 aromatic rings. The van der Waals surface area contributed by atoms with Crippen LogP contribution in [0.25, 0.3) is 0 Å². The molecule has 0 aromatic carbocycles. The van der Waals surface area contributed by atoms with Crippen LogP contribution in [-0.4, -0.2) is 48.4 Å². The monoisotopic (exact) mass is 349 g/mol. The number of rotatable bonds is 5. The Morgan fingerprint density at radius 3 is 2.83 bits per heavy atom. The van der Waals surface area contributed by atoms with Crippen LogP contribution in [0.4, 0.5) is 0 Å². The standard InChI is InChI=1S/C17H27N5OS/c1-11-8-18-15(24-11)9-19-17(20-10-16(23)22(2)3)21-14-7-12-4-5-13(14)6-12/h8,12-14H,4-7,9-10H2,1-3H3,(H2,19,20,21). The Labute approximate surface area is 147 Å². The van der Waals surface area contributed by atoms with Gasteiger partial charge in [-0.2, -0.15) is 0 Å². The van der Waals surface area contributed by atoms with E-state index in [0.717, 1.165) is 22.8 Å². The lowest BCUT2D eigenvalue weighted by Gasteiger charge is -2.25. The van der Waals surface area contributed by atoms with Gasteiger partial charge in [-0.15, -0.1) is 11.3 Å². The van der Waals surface area contributed by atoms with E-state index in [1.165, 1.54) is 30.6 Å². The van der Waals surface area contributed by atoms with Crippen molar-refractivity contribution in [1.29, 1.82) is 0 Å². The van der Waals surface area contributed by atoms with Crippen molar-refractivity contribution in [3.8, 4) is 0 Å². The van der Waals surface area contributed by atoms with Crippen LogP contribution in [0.5, 0.6) is 0 Å². The zero-order chi connectivity index (χ0) is 17.1. The van der Waals surface area contributed by atoms with E-state index in [9.17, 15) is 4.79 Å². The Balaban J connectivity index is 1.61. The predicted molar refractivity (Wildman–Crippen MR) is 97.1 cm³/mol. The molecule has 0 spiro atoms. The lowest BCUT2D eigenvalue weighted by atomic mass is 9.95. The fourth-order valence-electron chi connectivity index (χ4n) is 3.68. The summed E-state index contributed by atoms with van der Waals surface area (Å²) in [7, 11) is 3.51. The molecule has 3 unspecified atom stereocenters. The molecule has 1 heterocycles. The lowest BCUT2D eigenvalue weighted by molar-refractivity contribution is -0.127. The number of nitrogens with zero attached hydrogens (tertiary/aromatic N) is 3. The van der Waals surface area contributed by atoms with E-state index in [2.05, 4.69) is 27.5 Å². The SMILES string of the molecule is Cc1cnc(CNC(=NCC(=O)N(C)C)NC2CC3CCC2C3)s1. The highest BCUT2D eigenvalue weighted by Gasteiger charge is 2.39. The summed E-state index contributed by atoms with van der Waals surface area (Å²) >= 11 is 1.68. The predicted octanol–water partition coefficient (Wildman–Crippen LogP) is 1.76. The third kappa shape index (κ3) is 4.26. The molecule has 0 radical (unpaired) electrons. The number of carbonyl (C=O) groups excluding carboxylic acids is 1. The van der Waals surface area contributed by atoms with Gasteiger partial charge in [0.05, 0.1) is 6.54 Å². The van der Waals surface area contributed by atoms with Crippen LogP contribution >= 0.6 is 11.3 Å². The van der Waals surface area contributed by atoms with Crippen molar-refractivity contribution in [3.63, 3.8) is 0 Å². The minimum Gasteiger partial charge on any atom is -0.353 e. The molecule has 3 rings (SSSR count). The molecular formula is C17H27N5OS. The largest absolute Gasteiger partial charge is 0.353 e. The molecule has 1 aromatic heterocycles. The van der Waals surface area contributed by atoms with Crippen LogP contribution < -0.4 is 10.6 Å². The topological polar surface area (TPSA) is 69.6 Å². The van der Waals surface area contributed by atoms with Crippen LogP contribution in [0.2, 0.25) is 0 Å². The highest BCUT2D eigenvalue weighted by molar-refractivity contribution is 7.11. The number of nitrogens with one attached hydrogen (secondary N) is 2. The van der Waals surface area contributed by atoms with Crippen molar-refractivity contribution in [1.82, 2.24) is 20.5 Å². The maximum atomic E-state index is 11.8. The first-order valence-corrected chi connectivity index (χ1v) is 9.49. The first-order valence-electron chi connectivity index (χ1n) is 8.67. The molecule has 2 aliphatic rings. The van der Waals surface area contributed by atoms with E-state index in [1.54, 1.807) is 30.3 Å². The molecular weight excluding hydrogens is 322 g/mol. The maximum Gasteiger partial charge on any atom is 0.243 e. The van der Waals surface area contributed by atoms with Gasteiger partial charge in [0.2, 0.25) is 5.91 Å². The van der Waals surface area contributed by atoms with E-state index in [4.69, 9.17) is 0 Å².